The Morgan fingerprint density at radius 2 is 0.638 bits per heavy atom. The third-order valence-corrected chi connectivity index (χ3v) is 11.4. The van der Waals surface area contributed by atoms with Gasteiger partial charge in [0.1, 0.15) is 23.0 Å². The van der Waals surface area contributed by atoms with Gasteiger partial charge in [-0.05, 0) is 37.1 Å². The molecule has 0 fully saturated rings. The highest BCUT2D eigenvalue weighted by atomic mass is 16.5. The van der Waals surface area contributed by atoms with Crippen LogP contribution in [-0.4, -0.2) is 48.9 Å². The number of rotatable bonds is 41. The van der Waals surface area contributed by atoms with Crippen molar-refractivity contribution in [3.8, 4) is 23.0 Å². The predicted octanol–water partition coefficient (Wildman–Crippen LogP) is 15.9. The van der Waals surface area contributed by atoms with Crippen molar-refractivity contribution >= 4 is 12.4 Å². The number of benzene rings is 2. The molecule has 0 aliphatic heterocycles. The average Bonchev–Trinajstić information content (AvgIpc) is 3.22. The van der Waals surface area contributed by atoms with E-state index in [0.717, 1.165) is 12.8 Å². The molecule has 330 valence electrons. The van der Waals surface area contributed by atoms with Crippen LogP contribution in [0.4, 0.5) is 0 Å². The zero-order valence-electron chi connectivity index (χ0n) is 37.7. The highest BCUT2D eigenvalue weighted by Crippen LogP contribution is 2.24. The summed E-state index contributed by atoms with van der Waals surface area (Å²) < 4.78 is 11.8. The molecule has 0 unspecified atom stereocenters. The number of aliphatic imine (C=N–C) groups is 2. The number of phenols is 2. The number of nitrogens with zero attached hydrogens (tertiary/aromatic N) is 2. The van der Waals surface area contributed by atoms with E-state index < -0.39 is 0 Å². The minimum atomic E-state index is 0.166. The van der Waals surface area contributed by atoms with Crippen molar-refractivity contribution in [3.63, 3.8) is 0 Å². The van der Waals surface area contributed by atoms with Gasteiger partial charge in [0.05, 0.1) is 26.3 Å². The summed E-state index contributed by atoms with van der Waals surface area (Å²) in [6.45, 7) is 6.88. The standard InChI is InChI=1S/C52H88N2O4/c1-3-5-7-9-11-13-15-17-19-21-23-25-27-29-31-33-41-57-49-37-35-47(51(55)43-49)45-53-39-40-54-46-48-36-38-50(44-52(48)56)58-42-34-32-30-28-26-24-22-20-18-16-14-12-10-8-6-4-2/h35-38,43-46,55-56H,3-34,39-42H2,1-2H3. The molecule has 2 aromatic carbocycles. The van der Waals surface area contributed by atoms with Crippen LogP contribution in [0.1, 0.15) is 230 Å². The summed E-state index contributed by atoms with van der Waals surface area (Å²) in [5.41, 5.74) is 1.32. The molecule has 0 bridgehead atoms. The first-order chi connectivity index (χ1) is 28.6. The van der Waals surface area contributed by atoms with Crippen molar-refractivity contribution in [2.75, 3.05) is 26.3 Å². The molecule has 2 rings (SSSR count). The minimum Gasteiger partial charge on any atom is -0.507 e. The number of phenolic OH excluding ortho intramolecular Hbond substituents is 2. The van der Waals surface area contributed by atoms with Crippen LogP contribution in [0.25, 0.3) is 0 Å². The van der Waals surface area contributed by atoms with Gasteiger partial charge in [0.2, 0.25) is 0 Å². The molecule has 2 aromatic rings. The SMILES string of the molecule is CCCCCCCCCCCCCCCCCCOc1ccc(C=NCCN=Cc2ccc(OCCCCCCCCCCCCCCCCCC)cc2O)c(O)c1. The molecule has 0 saturated heterocycles. The first-order valence-corrected chi connectivity index (χ1v) is 24.5. The van der Waals surface area contributed by atoms with Crippen molar-refractivity contribution in [2.24, 2.45) is 9.98 Å². The van der Waals surface area contributed by atoms with Crippen LogP contribution in [0.2, 0.25) is 0 Å². The Kier molecular flexibility index (Phi) is 33.7. The first-order valence-electron chi connectivity index (χ1n) is 24.5. The summed E-state index contributed by atoms with van der Waals surface area (Å²) in [6.07, 6.45) is 46.7. The Morgan fingerprint density at radius 1 is 0.379 bits per heavy atom. The summed E-state index contributed by atoms with van der Waals surface area (Å²) in [6, 6.07) is 10.8. The molecule has 0 aromatic heterocycles. The zero-order chi connectivity index (χ0) is 41.4. The number of hydrogen-bond acceptors (Lipinski definition) is 6. The van der Waals surface area contributed by atoms with Crippen molar-refractivity contribution in [2.45, 2.75) is 219 Å². The number of unbranched alkanes of at least 4 members (excludes halogenated alkanes) is 30. The molecule has 6 heteroatoms. The lowest BCUT2D eigenvalue weighted by atomic mass is 10.0. The number of ether oxygens (including phenoxy) is 2. The molecular weight excluding hydrogens is 717 g/mol. The Balaban J connectivity index is 1.44. The van der Waals surface area contributed by atoms with Gasteiger partial charge in [-0.15, -0.1) is 0 Å². The quantitative estimate of drug-likeness (QED) is 0.0518. The smallest absolute Gasteiger partial charge is 0.128 e. The molecule has 0 spiro atoms. The van der Waals surface area contributed by atoms with E-state index in [9.17, 15) is 10.2 Å². The number of hydrogen-bond donors (Lipinski definition) is 2. The molecule has 0 amide bonds. The van der Waals surface area contributed by atoms with E-state index in [0.29, 0.717) is 48.9 Å². The Labute approximate surface area is 357 Å². The zero-order valence-corrected chi connectivity index (χ0v) is 37.7. The van der Waals surface area contributed by atoms with E-state index in [4.69, 9.17) is 9.47 Å². The van der Waals surface area contributed by atoms with Gasteiger partial charge in [-0.25, -0.2) is 0 Å². The highest BCUT2D eigenvalue weighted by Gasteiger charge is 2.04. The van der Waals surface area contributed by atoms with Crippen LogP contribution < -0.4 is 9.47 Å². The van der Waals surface area contributed by atoms with Crippen LogP contribution >= 0.6 is 0 Å². The van der Waals surface area contributed by atoms with Crippen LogP contribution in [0.3, 0.4) is 0 Å². The summed E-state index contributed by atoms with van der Waals surface area (Å²) in [4.78, 5) is 8.85. The topological polar surface area (TPSA) is 83.6 Å². The van der Waals surface area contributed by atoms with Crippen molar-refractivity contribution in [1.82, 2.24) is 0 Å². The summed E-state index contributed by atoms with van der Waals surface area (Å²) in [7, 11) is 0. The van der Waals surface area contributed by atoms with Crippen LogP contribution in [0.15, 0.2) is 46.4 Å². The lowest BCUT2D eigenvalue weighted by Crippen LogP contribution is -1.98. The second kappa shape index (κ2) is 38.2. The second-order valence-electron chi connectivity index (χ2n) is 16.8. The normalized spacial score (nSPS) is 11.7. The fraction of sp³-hybridized carbons (Fsp3) is 0.731. The van der Waals surface area contributed by atoms with E-state index in [1.54, 1.807) is 24.6 Å². The Hall–Kier alpha value is -3.02. The van der Waals surface area contributed by atoms with E-state index in [1.807, 2.05) is 24.3 Å². The van der Waals surface area contributed by atoms with Crippen LogP contribution in [-0.2, 0) is 0 Å². The molecule has 58 heavy (non-hydrogen) atoms. The fourth-order valence-electron chi connectivity index (χ4n) is 7.57. The van der Waals surface area contributed by atoms with Gasteiger partial charge in [0.15, 0.2) is 0 Å². The van der Waals surface area contributed by atoms with E-state index >= 15 is 0 Å². The third kappa shape index (κ3) is 29.2. The van der Waals surface area contributed by atoms with Crippen LogP contribution in [0.5, 0.6) is 23.0 Å². The Bertz CT molecular complexity index is 1180. The van der Waals surface area contributed by atoms with Gasteiger partial charge >= 0.3 is 0 Å². The molecular formula is C52H88N2O4. The summed E-state index contributed by atoms with van der Waals surface area (Å²) >= 11 is 0. The van der Waals surface area contributed by atoms with Gasteiger partial charge in [-0.2, -0.15) is 0 Å². The van der Waals surface area contributed by atoms with Gasteiger partial charge in [-0.3, -0.25) is 9.98 Å². The molecule has 0 aliphatic carbocycles. The van der Waals surface area contributed by atoms with E-state index in [2.05, 4.69) is 23.8 Å². The molecule has 6 nitrogen and oxygen atoms in total. The van der Waals surface area contributed by atoms with Gasteiger partial charge in [0.25, 0.3) is 0 Å². The predicted molar refractivity (Wildman–Crippen MR) is 251 cm³/mol. The van der Waals surface area contributed by atoms with Crippen molar-refractivity contribution in [1.29, 1.82) is 0 Å². The average molecular weight is 805 g/mol. The lowest BCUT2D eigenvalue weighted by Gasteiger charge is -2.08. The summed E-state index contributed by atoms with van der Waals surface area (Å²) in [5, 5.41) is 20.9. The fourth-order valence-corrected chi connectivity index (χ4v) is 7.57. The second-order valence-corrected chi connectivity index (χ2v) is 16.8. The molecule has 0 saturated carbocycles. The third-order valence-electron chi connectivity index (χ3n) is 11.4. The maximum absolute atomic E-state index is 10.5. The van der Waals surface area contributed by atoms with E-state index in [-0.39, 0.29) is 11.5 Å². The van der Waals surface area contributed by atoms with Gasteiger partial charge in [-0.1, -0.05) is 206 Å². The maximum atomic E-state index is 10.5. The molecule has 0 heterocycles. The Morgan fingerprint density at radius 3 is 0.897 bits per heavy atom. The molecule has 0 radical (unpaired) electrons. The highest BCUT2D eigenvalue weighted by molar-refractivity contribution is 5.84. The van der Waals surface area contributed by atoms with Crippen LogP contribution in [0, 0.1) is 0 Å². The summed E-state index contributed by atoms with van der Waals surface area (Å²) in [5.74, 6) is 1.71. The van der Waals surface area contributed by atoms with Crippen molar-refractivity contribution < 1.29 is 19.7 Å². The first kappa shape index (κ1) is 51.1. The molecule has 2 N–H and O–H groups in total. The largest absolute Gasteiger partial charge is 0.507 e. The van der Waals surface area contributed by atoms with Gasteiger partial charge in [0, 0.05) is 35.7 Å². The maximum Gasteiger partial charge on any atom is 0.128 e. The number of aromatic hydroxyl groups is 2. The molecule has 0 aliphatic rings. The monoisotopic (exact) mass is 805 g/mol. The lowest BCUT2D eigenvalue weighted by molar-refractivity contribution is 0.302. The van der Waals surface area contributed by atoms with Gasteiger partial charge < -0.3 is 19.7 Å². The van der Waals surface area contributed by atoms with Crippen molar-refractivity contribution in [3.05, 3.63) is 47.5 Å². The molecule has 0 atom stereocenters. The van der Waals surface area contributed by atoms with E-state index in [1.165, 1.54) is 193 Å². The minimum absolute atomic E-state index is 0.166.